The first-order valence-corrected chi connectivity index (χ1v) is 5.12. The fourth-order valence-electron chi connectivity index (χ4n) is 1.68. The summed E-state index contributed by atoms with van der Waals surface area (Å²) in [6, 6.07) is 0.00707. The zero-order valence-corrected chi connectivity index (χ0v) is 8.92. The zero-order chi connectivity index (χ0) is 10.6. The monoisotopic (exact) mass is 194 g/mol. The van der Waals surface area contributed by atoms with Crippen LogP contribution in [0, 0.1) is 12.3 Å². The first kappa shape index (κ1) is 11.1. The van der Waals surface area contributed by atoms with Gasteiger partial charge < -0.3 is 5.32 Å². The highest BCUT2D eigenvalue weighted by Crippen LogP contribution is 2.14. The van der Waals surface area contributed by atoms with E-state index in [-0.39, 0.29) is 18.1 Å². The SMILES string of the molecule is C#CCCCC[C@@H]1NC(=O)[C@H](C)N1C. The van der Waals surface area contributed by atoms with Gasteiger partial charge >= 0.3 is 0 Å². The van der Waals surface area contributed by atoms with Gasteiger partial charge in [-0.3, -0.25) is 9.69 Å². The number of nitrogens with one attached hydrogen (secondary N) is 1. The average Bonchev–Trinajstić information content (AvgIpc) is 2.41. The van der Waals surface area contributed by atoms with E-state index >= 15 is 0 Å². The summed E-state index contributed by atoms with van der Waals surface area (Å²) < 4.78 is 0. The van der Waals surface area contributed by atoms with Crippen LogP contribution in [0.4, 0.5) is 0 Å². The van der Waals surface area contributed by atoms with E-state index in [0.29, 0.717) is 0 Å². The lowest BCUT2D eigenvalue weighted by Gasteiger charge is -2.20. The normalized spacial score (nSPS) is 27.4. The number of unbranched alkanes of at least 4 members (excludes halogenated alkanes) is 2. The van der Waals surface area contributed by atoms with Crippen LogP contribution >= 0.6 is 0 Å². The van der Waals surface area contributed by atoms with Gasteiger partial charge in [0.25, 0.3) is 0 Å². The topological polar surface area (TPSA) is 32.3 Å². The van der Waals surface area contributed by atoms with Gasteiger partial charge in [0.15, 0.2) is 0 Å². The van der Waals surface area contributed by atoms with Gasteiger partial charge in [0.1, 0.15) is 0 Å². The van der Waals surface area contributed by atoms with Crippen LogP contribution in [0.1, 0.15) is 32.6 Å². The standard InChI is InChI=1S/C11H18N2O/c1-4-5-6-7-8-10-12-11(14)9(2)13(10)3/h1,9-10H,5-8H2,2-3H3,(H,12,14)/t9-,10+/m0/s1. The van der Waals surface area contributed by atoms with E-state index in [4.69, 9.17) is 6.42 Å². The lowest BCUT2D eigenvalue weighted by Crippen LogP contribution is -2.34. The molecule has 0 radical (unpaired) electrons. The number of carbonyl (C=O) groups excluding carboxylic acids is 1. The molecule has 3 heteroatoms. The Morgan fingerprint density at radius 3 is 2.79 bits per heavy atom. The third kappa shape index (κ3) is 2.49. The molecular weight excluding hydrogens is 176 g/mol. The Kier molecular flexibility index (Phi) is 3.97. The first-order valence-electron chi connectivity index (χ1n) is 5.12. The van der Waals surface area contributed by atoms with Crippen LogP contribution in [0.15, 0.2) is 0 Å². The Balaban J connectivity index is 2.26. The summed E-state index contributed by atoms with van der Waals surface area (Å²) in [6.45, 7) is 1.93. The summed E-state index contributed by atoms with van der Waals surface area (Å²) in [5.41, 5.74) is 0. The number of carbonyl (C=O) groups is 1. The molecule has 0 saturated carbocycles. The highest BCUT2D eigenvalue weighted by molar-refractivity contribution is 5.83. The van der Waals surface area contributed by atoms with Gasteiger partial charge in [0, 0.05) is 6.42 Å². The van der Waals surface area contributed by atoms with Crippen LogP contribution in [0.3, 0.4) is 0 Å². The molecule has 0 spiro atoms. The Morgan fingerprint density at radius 2 is 2.29 bits per heavy atom. The lowest BCUT2D eigenvalue weighted by molar-refractivity contribution is -0.120. The lowest BCUT2D eigenvalue weighted by atomic mass is 10.1. The number of hydrogen-bond acceptors (Lipinski definition) is 2. The largest absolute Gasteiger partial charge is 0.339 e. The Hall–Kier alpha value is -1.01. The van der Waals surface area contributed by atoms with E-state index < -0.39 is 0 Å². The molecule has 3 nitrogen and oxygen atoms in total. The van der Waals surface area contributed by atoms with Crippen molar-refractivity contribution in [2.45, 2.75) is 44.8 Å². The van der Waals surface area contributed by atoms with Crippen molar-refractivity contribution >= 4 is 5.91 Å². The number of terminal acetylenes is 1. The molecule has 1 aliphatic rings. The third-order valence-electron chi connectivity index (χ3n) is 2.84. The summed E-state index contributed by atoms with van der Waals surface area (Å²) in [4.78, 5) is 13.4. The van der Waals surface area contributed by atoms with E-state index in [0.717, 1.165) is 25.7 Å². The van der Waals surface area contributed by atoms with Gasteiger partial charge in [-0.1, -0.05) is 0 Å². The van der Waals surface area contributed by atoms with Crippen molar-refractivity contribution in [3.63, 3.8) is 0 Å². The molecule has 1 fully saturated rings. The molecule has 2 atom stereocenters. The molecular formula is C11H18N2O. The van der Waals surface area contributed by atoms with Crippen molar-refractivity contribution in [3.8, 4) is 12.3 Å². The fourth-order valence-corrected chi connectivity index (χ4v) is 1.68. The van der Waals surface area contributed by atoms with E-state index in [1.807, 2.05) is 14.0 Å². The molecule has 1 aliphatic heterocycles. The molecule has 0 aromatic heterocycles. The van der Waals surface area contributed by atoms with Crippen molar-refractivity contribution in [3.05, 3.63) is 0 Å². The minimum Gasteiger partial charge on any atom is -0.339 e. The van der Waals surface area contributed by atoms with Crippen LogP contribution in [-0.2, 0) is 4.79 Å². The van der Waals surface area contributed by atoms with Crippen LogP contribution < -0.4 is 5.32 Å². The molecule has 1 N–H and O–H groups in total. The summed E-state index contributed by atoms with van der Waals surface area (Å²) in [6.07, 6.45) is 9.32. The Bertz CT molecular complexity index is 244. The maximum atomic E-state index is 11.3. The van der Waals surface area contributed by atoms with Crippen molar-refractivity contribution in [1.29, 1.82) is 0 Å². The van der Waals surface area contributed by atoms with Gasteiger partial charge in [-0.2, -0.15) is 0 Å². The average molecular weight is 194 g/mol. The van der Waals surface area contributed by atoms with Crippen LogP contribution in [0.5, 0.6) is 0 Å². The summed E-state index contributed by atoms with van der Waals surface area (Å²) in [5, 5.41) is 2.97. The predicted octanol–water partition coefficient (Wildman–Crippen LogP) is 0.956. The fraction of sp³-hybridized carbons (Fsp3) is 0.727. The smallest absolute Gasteiger partial charge is 0.238 e. The van der Waals surface area contributed by atoms with Crippen LogP contribution in [0.25, 0.3) is 0 Å². The molecule has 1 saturated heterocycles. The van der Waals surface area contributed by atoms with Crippen LogP contribution in [-0.4, -0.2) is 30.1 Å². The second kappa shape index (κ2) is 5.02. The number of amides is 1. The van der Waals surface area contributed by atoms with Crippen molar-refractivity contribution in [2.75, 3.05) is 7.05 Å². The van der Waals surface area contributed by atoms with E-state index in [1.54, 1.807) is 0 Å². The van der Waals surface area contributed by atoms with Gasteiger partial charge in [0.2, 0.25) is 5.91 Å². The summed E-state index contributed by atoms with van der Waals surface area (Å²) in [5.74, 6) is 2.75. The predicted molar refractivity (Wildman–Crippen MR) is 56.5 cm³/mol. The molecule has 0 aliphatic carbocycles. The van der Waals surface area contributed by atoms with Gasteiger partial charge in [0.05, 0.1) is 12.2 Å². The minimum atomic E-state index is 0.00707. The zero-order valence-electron chi connectivity index (χ0n) is 8.92. The number of likely N-dealkylation sites (N-methyl/N-ethyl adjacent to an activating group) is 1. The number of rotatable bonds is 4. The van der Waals surface area contributed by atoms with Crippen molar-refractivity contribution in [2.24, 2.45) is 0 Å². The minimum absolute atomic E-state index is 0.00707. The quantitative estimate of drug-likeness (QED) is 0.534. The molecule has 1 heterocycles. The molecule has 0 aromatic rings. The highest BCUT2D eigenvalue weighted by Gasteiger charge is 2.32. The van der Waals surface area contributed by atoms with E-state index in [1.165, 1.54) is 0 Å². The van der Waals surface area contributed by atoms with Gasteiger partial charge in [-0.25, -0.2) is 0 Å². The van der Waals surface area contributed by atoms with Crippen molar-refractivity contribution < 1.29 is 4.79 Å². The Labute approximate surface area is 85.9 Å². The first-order chi connectivity index (χ1) is 6.66. The second-order valence-corrected chi connectivity index (χ2v) is 3.82. The second-order valence-electron chi connectivity index (χ2n) is 3.82. The van der Waals surface area contributed by atoms with E-state index in [2.05, 4.69) is 16.1 Å². The van der Waals surface area contributed by atoms with Gasteiger partial charge in [-0.15, -0.1) is 12.3 Å². The van der Waals surface area contributed by atoms with Crippen molar-refractivity contribution in [1.82, 2.24) is 10.2 Å². The summed E-state index contributed by atoms with van der Waals surface area (Å²) in [7, 11) is 1.98. The highest BCUT2D eigenvalue weighted by atomic mass is 16.2. The van der Waals surface area contributed by atoms with Crippen LogP contribution in [0.2, 0.25) is 0 Å². The molecule has 1 amide bonds. The Morgan fingerprint density at radius 1 is 1.57 bits per heavy atom. The van der Waals surface area contributed by atoms with Gasteiger partial charge in [-0.05, 0) is 33.2 Å². The number of nitrogens with zero attached hydrogens (tertiary/aromatic N) is 1. The summed E-state index contributed by atoms with van der Waals surface area (Å²) >= 11 is 0. The molecule has 14 heavy (non-hydrogen) atoms. The number of hydrogen-bond donors (Lipinski definition) is 1. The maximum absolute atomic E-state index is 11.3. The maximum Gasteiger partial charge on any atom is 0.238 e. The molecule has 78 valence electrons. The molecule has 0 unspecified atom stereocenters. The molecule has 1 rings (SSSR count). The molecule has 0 aromatic carbocycles. The van der Waals surface area contributed by atoms with E-state index in [9.17, 15) is 4.79 Å². The molecule has 0 bridgehead atoms. The third-order valence-corrected chi connectivity index (χ3v) is 2.84.